The number of hydrogen-bond acceptors (Lipinski definition) is 7. The van der Waals surface area contributed by atoms with E-state index in [0.29, 0.717) is 24.0 Å². The van der Waals surface area contributed by atoms with Crippen molar-refractivity contribution < 1.29 is 14.3 Å². The Bertz CT molecular complexity index is 1000. The van der Waals surface area contributed by atoms with Gasteiger partial charge in [0, 0.05) is 18.5 Å². The molecule has 1 aromatic carbocycles. The van der Waals surface area contributed by atoms with Gasteiger partial charge in [0.2, 0.25) is 5.91 Å². The summed E-state index contributed by atoms with van der Waals surface area (Å²) in [5.74, 6) is 0.328. The van der Waals surface area contributed by atoms with Crippen LogP contribution in [0.1, 0.15) is 16.1 Å². The molecule has 0 unspecified atom stereocenters. The number of ether oxygens (including phenoxy) is 1. The molecule has 30 heavy (non-hydrogen) atoms. The van der Waals surface area contributed by atoms with Crippen LogP contribution in [0.4, 0.5) is 16.6 Å². The first-order valence-corrected chi connectivity index (χ1v) is 10.4. The topological polar surface area (TPSA) is 96.5 Å². The Balaban J connectivity index is 1.32. The maximum Gasteiger partial charge on any atom is 0.275 e. The lowest BCUT2D eigenvalue weighted by Crippen LogP contribution is -2.36. The van der Waals surface area contributed by atoms with Crippen LogP contribution < -0.4 is 15.5 Å². The molecule has 0 radical (unpaired) electrons. The summed E-state index contributed by atoms with van der Waals surface area (Å²) in [6.45, 7) is 2.98. The fourth-order valence-corrected chi connectivity index (χ4v) is 3.72. The van der Waals surface area contributed by atoms with Gasteiger partial charge < -0.3 is 20.3 Å². The Kier molecular flexibility index (Phi) is 6.31. The Labute approximate surface area is 177 Å². The quantitative estimate of drug-likeness (QED) is 0.633. The summed E-state index contributed by atoms with van der Waals surface area (Å²) in [5, 5.41) is 7.52. The van der Waals surface area contributed by atoms with Crippen LogP contribution in [0.2, 0.25) is 0 Å². The number of hydrogen-bond donors (Lipinski definition) is 2. The van der Waals surface area contributed by atoms with Crippen molar-refractivity contribution in [2.24, 2.45) is 0 Å². The highest BCUT2D eigenvalue weighted by Gasteiger charge is 2.15. The number of carbonyl (C=O) groups is 2. The Morgan fingerprint density at radius 3 is 2.60 bits per heavy atom. The standard InChI is InChI=1S/C21H21N5O3S/c27-19(12-15-4-2-1-3-5-15)25-21-24-17(14-30-21)20(28)23-16-6-7-18(22-13-16)26-8-10-29-11-9-26/h1-7,13-14H,8-12H2,(H,23,28)(H,24,25,27). The first-order valence-electron chi connectivity index (χ1n) is 9.57. The van der Waals surface area contributed by atoms with E-state index in [1.165, 1.54) is 11.3 Å². The second-order valence-electron chi connectivity index (χ2n) is 6.71. The van der Waals surface area contributed by atoms with Gasteiger partial charge in [0.15, 0.2) is 5.13 Å². The molecule has 0 aliphatic carbocycles. The Hall–Kier alpha value is -3.30. The molecule has 154 valence electrons. The third-order valence-corrected chi connectivity index (χ3v) is 5.29. The largest absolute Gasteiger partial charge is 0.378 e. The molecule has 2 aromatic heterocycles. The molecule has 1 aliphatic heterocycles. The number of benzene rings is 1. The molecule has 3 aromatic rings. The van der Waals surface area contributed by atoms with Crippen LogP contribution in [-0.2, 0) is 16.0 Å². The van der Waals surface area contributed by atoms with Gasteiger partial charge >= 0.3 is 0 Å². The summed E-state index contributed by atoms with van der Waals surface area (Å²) >= 11 is 1.21. The van der Waals surface area contributed by atoms with Crippen molar-refractivity contribution in [2.45, 2.75) is 6.42 Å². The number of morpholine rings is 1. The summed E-state index contributed by atoms with van der Waals surface area (Å²) in [7, 11) is 0. The third-order valence-electron chi connectivity index (χ3n) is 4.53. The van der Waals surface area contributed by atoms with E-state index in [1.807, 2.05) is 42.5 Å². The molecule has 2 N–H and O–H groups in total. The number of nitrogens with zero attached hydrogens (tertiary/aromatic N) is 3. The first kappa shape index (κ1) is 20.0. The molecule has 1 saturated heterocycles. The van der Waals surface area contributed by atoms with Crippen molar-refractivity contribution in [3.05, 3.63) is 65.3 Å². The van der Waals surface area contributed by atoms with Crippen LogP contribution in [0.25, 0.3) is 0 Å². The van der Waals surface area contributed by atoms with Crippen molar-refractivity contribution in [3.8, 4) is 0 Å². The lowest BCUT2D eigenvalue weighted by Gasteiger charge is -2.27. The third kappa shape index (κ3) is 5.19. The van der Waals surface area contributed by atoms with Crippen molar-refractivity contribution in [1.29, 1.82) is 0 Å². The van der Waals surface area contributed by atoms with E-state index >= 15 is 0 Å². The average Bonchev–Trinajstić information content (AvgIpc) is 3.24. The van der Waals surface area contributed by atoms with Crippen molar-refractivity contribution in [1.82, 2.24) is 9.97 Å². The van der Waals surface area contributed by atoms with Crippen LogP contribution in [0.15, 0.2) is 54.0 Å². The van der Waals surface area contributed by atoms with Gasteiger partial charge in [0.05, 0.1) is 31.5 Å². The number of amides is 2. The summed E-state index contributed by atoms with van der Waals surface area (Å²) in [4.78, 5) is 35.4. The molecular weight excluding hydrogens is 402 g/mol. The molecule has 0 atom stereocenters. The molecular formula is C21H21N5O3S. The van der Waals surface area contributed by atoms with Gasteiger partial charge in [0.1, 0.15) is 11.5 Å². The smallest absolute Gasteiger partial charge is 0.275 e. The molecule has 4 rings (SSSR count). The highest BCUT2D eigenvalue weighted by molar-refractivity contribution is 7.14. The van der Waals surface area contributed by atoms with E-state index in [4.69, 9.17) is 4.74 Å². The highest BCUT2D eigenvalue weighted by Crippen LogP contribution is 2.19. The van der Waals surface area contributed by atoms with E-state index in [2.05, 4.69) is 25.5 Å². The maximum atomic E-state index is 12.5. The van der Waals surface area contributed by atoms with E-state index < -0.39 is 0 Å². The molecule has 1 aliphatic rings. The molecule has 3 heterocycles. The van der Waals surface area contributed by atoms with Crippen LogP contribution >= 0.6 is 11.3 Å². The van der Waals surface area contributed by atoms with E-state index in [-0.39, 0.29) is 23.9 Å². The van der Waals surface area contributed by atoms with Gasteiger partial charge in [-0.2, -0.15) is 0 Å². The van der Waals surface area contributed by atoms with Crippen LogP contribution in [-0.4, -0.2) is 48.1 Å². The predicted octanol–water partition coefficient (Wildman–Crippen LogP) is 2.81. The normalized spacial score (nSPS) is 13.7. The zero-order chi connectivity index (χ0) is 20.8. The summed E-state index contributed by atoms with van der Waals surface area (Å²) in [6.07, 6.45) is 1.88. The molecule has 0 bridgehead atoms. The van der Waals surface area contributed by atoms with Crippen LogP contribution in [0.5, 0.6) is 0 Å². The molecule has 8 nitrogen and oxygen atoms in total. The average molecular weight is 423 g/mol. The van der Waals surface area contributed by atoms with Crippen molar-refractivity contribution in [3.63, 3.8) is 0 Å². The molecule has 9 heteroatoms. The number of rotatable bonds is 6. The van der Waals surface area contributed by atoms with E-state index in [9.17, 15) is 9.59 Å². The highest BCUT2D eigenvalue weighted by atomic mass is 32.1. The van der Waals surface area contributed by atoms with Gasteiger partial charge in [0.25, 0.3) is 5.91 Å². The second kappa shape index (κ2) is 9.47. The molecule has 0 spiro atoms. The van der Waals surface area contributed by atoms with Crippen molar-refractivity contribution in [2.75, 3.05) is 41.8 Å². The van der Waals surface area contributed by atoms with Gasteiger partial charge in [-0.15, -0.1) is 11.3 Å². The zero-order valence-electron chi connectivity index (χ0n) is 16.2. The summed E-state index contributed by atoms with van der Waals surface area (Å²) in [5.41, 5.74) is 1.74. The Morgan fingerprint density at radius 2 is 1.87 bits per heavy atom. The number of anilines is 3. The molecule has 2 amide bonds. The minimum absolute atomic E-state index is 0.176. The van der Waals surface area contributed by atoms with Gasteiger partial charge in [-0.25, -0.2) is 9.97 Å². The lowest BCUT2D eigenvalue weighted by atomic mass is 10.1. The Morgan fingerprint density at radius 1 is 1.07 bits per heavy atom. The number of thiazole rings is 1. The lowest BCUT2D eigenvalue weighted by molar-refractivity contribution is -0.115. The molecule has 0 saturated carbocycles. The van der Waals surface area contributed by atoms with Crippen molar-refractivity contribution >= 4 is 39.8 Å². The SMILES string of the molecule is O=C(Cc1ccccc1)Nc1nc(C(=O)Nc2ccc(N3CCOCC3)nc2)cs1. The fraction of sp³-hybridized carbons (Fsp3) is 0.238. The minimum atomic E-state index is -0.351. The first-order chi connectivity index (χ1) is 14.7. The van der Waals surface area contributed by atoms with Crippen LogP contribution in [0.3, 0.4) is 0 Å². The van der Waals surface area contributed by atoms with E-state index in [1.54, 1.807) is 11.6 Å². The number of carbonyl (C=O) groups excluding carboxylic acids is 2. The minimum Gasteiger partial charge on any atom is -0.378 e. The zero-order valence-corrected chi connectivity index (χ0v) is 17.0. The number of aromatic nitrogens is 2. The predicted molar refractivity (Wildman–Crippen MR) is 116 cm³/mol. The summed E-state index contributed by atoms with van der Waals surface area (Å²) < 4.78 is 5.34. The number of nitrogens with one attached hydrogen (secondary N) is 2. The van der Waals surface area contributed by atoms with Crippen LogP contribution in [0, 0.1) is 0 Å². The van der Waals surface area contributed by atoms with Gasteiger partial charge in [-0.3, -0.25) is 9.59 Å². The number of pyridine rings is 1. The monoisotopic (exact) mass is 423 g/mol. The summed E-state index contributed by atoms with van der Waals surface area (Å²) in [6, 6.07) is 13.1. The molecule has 1 fully saturated rings. The second-order valence-corrected chi connectivity index (χ2v) is 7.57. The fourth-order valence-electron chi connectivity index (χ4n) is 3.01. The maximum absolute atomic E-state index is 12.5. The van der Waals surface area contributed by atoms with E-state index in [0.717, 1.165) is 24.5 Å². The van der Waals surface area contributed by atoms with Gasteiger partial charge in [-0.05, 0) is 17.7 Å². The van der Waals surface area contributed by atoms with Gasteiger partial charge in [-0.1, -0.05) is 30.3 Å².